The molecule has 0 heterocycles. The minimum Gasteiger partial charge on any atom is -0.497 e. The molecule has 0 saturated heterocycles. The highest BCUT2D eigenvalue weighted by molar-refractivity contribution is 5.95. The van der Waals surface area contributed by atoms with E-state index in [0.29, 0.717) is 5.56 Å². The molecule has 0 aromatic heterocycles. The Kier molecular flexibility index (Phi) is 3.73. The van der Waals surface area contributed by atoms with Gasteiger partial charge in [0.15, 0.2) is 0 Å². The second-order valence-corrected chi connectivity index (χ2v) is 5.05. The highest BCUT2D eigenvalue weighted by Crippen LogP contribution is 2.26. The number of benzene rings is 2. The number of allylic oxidation sites excluding steroid dienone is 1. The quantitative estimate of drug-likeness (QED) is 0.935. The number of hydrogen-bond donors (Lipinski definition) is 1. The fraction of sp³-hybridized carbons (Fsp3) is 0.167. The number of ether oxygens (including phenoxy) is 1. The third-order valence-corrected chi connectivity index (χ3v) is 3.66. The molecule has 0 atom stereocenters. The van der Waals surface area contributed by atoms with Crippen molar-refractivity contribution in [3.05, 3.63) is 70.9 Å². The van der Waals surface area contributed by atoms with Crippen molar-refractivity contribution < 1.29 is 9.53 Å². The molecule has 0 fully saturated rings. The Hall–Kier alpha value is -2.55. The van der Waals surface area contributed by atoms with Gasteiger partial charge in [-0.1, -0.05) is 24.3 Å². The minimum absolute atomic E-state index is 0.0619. The number of methoxy groups -OCH3 is 1. The monoisotopic (exact) mass is 279 g/mol. The fourth-order valence-electron chi connectivity index (χ4n) is 2.50. The molecule has 0 bridgehead atoms. The molecule has 2 aromatic rings. The predicted octanol–water partition coefficient (Wildman–Crippen LogP) is 3.41. The van der Waals surface area contributed by atoms with E-state index in [1.54, 1.807) is 7.11 Å². The summed E-state index contributed by atoms with van der Waals surface area (Å²) in [7, 11) is 1.66. The van der Waals surface area contributed by atoms with Gasteiger partial charge in [-0.3, -0.25) is 4.79 Å². The van der Waals surface area contributed by atoms with Gasteiger partial charge in [0.2, 0.25) is 0 Å². The van der Waals surface area contributed by atoms with E-state index in [-0.39, 0.29) is 5.91 Å². The van der Waals surface area contributed by atoms with Crippen molar-refractivity contribution in [2.75, 3.05) is 7.11 Å². The molecular formula is C18H17NO2. The first kappa shape index (κ1) is 13.4. The van der Waals surface area contributed by atoms with E-state index in [9.17, 15) is 4.79 Å². The van der Waals surface area contributed by atoms with Crippen LogP contribution in [0.3, 0.4) is 0 Å². The second kappa shape index (κ2) is 5.83. The average molecular weight is 279 g/mol. The summed E-state index contributed by atoms with van der Waals surface area (Å²) in [6.07, 6.45) is 3.81. The van der Waals surface area contributed by atoms with Crippen LogP contribution in [0.2, 0.25) is 0 Å². The molecule has 1 aliphatic carbocycles. The van der Waals surface area contributed by atoms with Crippen molar-refractivity contribution in [3.8, 4) is 5.75 Å². The molecular weight excluding hydrogens is 262 g/mol. The number of rotatable bonds is 3. The fourth-order valence-corrected chi connectivity index (χ4v) is 2.50. The number of hydrogen-bond acceptors (Lipinski definition) is 2. The van der Waals surface area contributed by atoms with Gasteiger partial charge in [0, 0.05) is 11.3 Å². The third kappa shape index (κ3) is 2.97. The normalized spacial score (nSPS) is 13.1. The van der Waals surface area contributed by atoms with E-state index >= 15 is 0 Å². The Morgan fingerprint density at radius 2 is 1.90 bits per heavy atom. The maximum Gasteiger partial charge on any atom is 0.255 e. The van der Waals surface area contributed by atoms with Gasteiger partial charge in [-0.15, -0.1) is 0 Å². The van der Waals surface area contributed by atoms with Crippen molar-refractivity contribution in [1.29, 1.82) is 0 Å². The van der Waals surface area contributed by atoms with Crippen LogP contribution in [-0.2, 0) is 6.42 Å². The first-order valence-electron chi connectivity index (χ1n) is 7.00. The standard InChI is InChI=1S/C18H17NO2/c1-21-17-10-8-13-7-9-16(11-15(13)12-17)19-18(20)14-5-3-2-4-6-14/h2-6,8,10-12H,7,9H2,1H3,(H,19,20). The molecule has 1 N–H and O–H groups in total. The Morgan fingerprint density at radius 1 is 1.10 bits per heavy atom. The average Bonchev–Trinajstić information content (AvgIpc) is 2.55. The zero-order valence-electron chi connectivity index (χ0n) is 11.9. The van der Waals surface area contributed by atoms with Gasteiger partial charge in [-0.25, -0.2) is 0 Å². The summed E-state index contributed by atoms with van der Waals surface area (Å²) in [5.74, 6) is 0.772. The van der Waals surface area contributed by atoms with Crippen molar-refractivity contribution >= 4 is 12.0 Å². The Morgan fingerprint density at radius 3 is 2.67 bits per heavy atom. The minimum atomic E-state index is -0.0619. The molecule has 3 nitrogen and oxygen atoms in total. The lowest BCUT2D eigenvalue weighted by Gasteiger charge is -2.18. The maximum atomic E-state index is 12.2. The number of nitrogens with one attached hydrogen (secondary N) is 1. The van der Waals surface area contributed by atoms with Crippen molar-refractivity contribution in [2.24, 2.45) is 0 Å². The van der Waals surface area contributed by atoms with Crippen molar-refractivity contribution in [3.63, 3.8) is 0 Å². The number of aryl methyl sites for hydroxylation is 1. The molecule has 0 aliphatic heterocycles. The van der Waals surface area contributed by atoms with Gasteiger partial charge < -0.3 is 10.1 Å². The van der Waals surface area contributed by atoms with Crippen molar-refractivity contribution in [1.82, 2.24) is 5.32 Å². The lowest BCUT2D eigenvalue weighted by molar-refractivity contribution is 0.0965. The summed E-state index contributed by atoms with van der Waals surface area (Å²) < 4.78 is 5.25. The summed E-state index contributed by atoms with van der Waals surface area (Å²) in [6, 6.07) is 15.3. The van der Waals surface area contributed by atoms with Crippen LogP contribution >= 0.6 is 0 Å². The molecule has 0 saturated carbocycles. The van der Waals surface area contributed by atoms with Crippen LogP contribution in [0.4, 0.5) is 0 Å². The van der Waals surface area contributed by atoms with Gasteiger partial charge >= 0.3 is 0 Å². The van der Waals surface area contributed by atoms with E-state index < -0.39 is 0 Å². The van der Waals surface area contributed by atoms with Crippen LogP contribution in [0.15, 0.2) is 54.2 Å². The molecule has 0 spiro atoms. The Balaban J connectivity index is 1.80. The van der Waals surface area contributed by atoms with Crippen molar-refractivity contribution in [2.45, 2.75) is 12.8 Å². The van der Waals surface area contributed by atoms with Gasteiger partial charge in [-0.05, 0) is 54.3 Å². The zero-order chi connectivity index (χ0) is 14.7. The van der Waals surface area contributed by atoms with Gasteiger partial charge in [0.1, 0.15) is 5.75 Å². The smallest absolute Gasteiger partial charge is 0.255 e. The lowest BCUT2D eigenvalue weighted by Crippen LogP contribution is -2.24. The van der Waals surface area contributed by atoms with E-state index in [0.717, 1.165) is 29.9 Å². The summed E-state index contributed by atoms with van der Waals surface area (Å²) in [4.78, 5) is 12.2. The topological polar surface area (TPSA) is 38.3 Å². The summed E-state index contributed by atoms with van der Waals surface area (Å²) >= 11 is 0. The van der Waals surface area contributed by atoms with E-state index in [1.165, 1.54) is 5.56 Å². The number of fused-ring (bicyclic) bond motifs is 1. The van der Waals surface area contributed by atoms with Crippen LogP contribution < -0.4 is 10.1 Å². The second-order valence-electron chi connectivity index (χ2n) is 5.05. The van der Waals surface area contributed by atoms with E-state index in [2.05, 4.69) is 11.4 Å². The molecule has 0 unspecified atom stereocenters. The van der Waals surface area contributed by atoms with E-state index in [4.69, 9.17) is 4.74 Å². The Bertz CT molecular complexity index is 690. The molecule has 1 aliphatic rings. The van der Waals surface area contributed by atoms with E-state index in [1.807, 2.05) is 48.5 Å². The molecule has 3 rings (SSSR count). The van der Waals surface area contributed by atoms with Crippen LogP contribution in [0.5, 0.6) is 5.75 Å². The summed E-state index contributed by atoms with van der Waals surface area (Å²) in [6.45, 7) is 0. The first-order valence-corrected chi connectivity index (χ1v) is 7.00. The van der Waals surface area contributed by atoms with Crippen LogP contribution in [0, 0.1) is 0 Å². The molecule has 0 radical (unpaired) electrons. The lowest BCUT2D eigenvalue weighted by atomic mass is 9.95. The van der Waals surface area contributed by atoms with Gasteiger partial charge in [0.25, 0.3) is 5.91 Å². The number of carbonyl (C=O) groups is 1. The summed E-state index contributed by atoms with van der Waals surface area (Å²) in [5.41, 5.74) is 4.02. The van der Waals surface area contributed by atoms with Gasteiger partial charge in [-0.2, -0.15) is 0 Å². The molecule has 21 heavy (non-hydrogen) atoms. The SMILES string of the molecule is COc1ccc2c(c1)C=C(NC(=O)c1ccccc1)CC2. The maximum absolute atomic E-state index is 12.2. The molecule has 2 aromatic carbocycles. The summed E-state index contributed by atoms with van der Waals surface area (Å²) in [5, 5.41) is 2.99. The van der Waals surface area contributed by atoms with Crippen LogP contribution in [0.1, 0.15) is 27.9 Å². The van der Waals surface area contributed by atoms with Gasteiger partial charge in [0.05, 0.1) is 7.11 Å². The molecule has 106 valence electrons. The number of amides is 1. The predicted molar refractivity (Wildman–Crippen MR) is 83.2 cm³/mol. The zero-order valence-corrected chi connectivity index (χ0v) is 11.9. The van der Waals surface area contributed by atoms with Crippen LogP contribution in [-0.4, -0.2) is 13.0 Å². The molecule has 1 amide bonds. The number of carbonyl (C=O) groups excluding carboxylic acids is 1. The largest absolute Gasteiger partial charge is 0.497 e. The Labute approximate surface area is 124 Å². The third-order valence-electron chi connectivity index (χ3n) is 3.66. The molecule has 3 heteroatoms. The highest BCUT2D eigenvalue weighted by Gasteiger charge is 2.14. The first-order chi connectivity index (χ1) is 10.3. The van der Waals surface area contributed by atoms with Crippen LogP contribution in [0.25, 0.3) is 6.08 Å². The highest BCUT2D eigenvalue weighted by atomic mass is 16.5.